The molecule has 5 rings (SSSR count). The van der Waals surface area contributed by atoms with Crippen LogP contribution >= 0.6 is 0 Å². The van der Waals surface area contributed by atoms with Crippen LogP contribution in [-0.2, 0) is 20.7 Å². The number of nitrogens with one attached hydrogen (secondary N) is 1. The number of aromatic nitrogens is 1. The number of methoxy groups -OCH3 is 1. The van der Waals surface area contributed by atoms with Crippen molar-refractivity contribution in [1.82, 2.24) is 9.88 Å². The van der Waals surface area contributed by atoms with Crippen LogP contribution in [0.25, 0.3) is 10.9 Å². The molecule has 0 unspecified atom stereocenters. The van der Waals surface area contributed by atoms with E-state index in [9.17, 15) is 4.79 Å². The molecule has 2 aliphatic heterocycles. The van der Waals surface area contributed by atoms with Crippen molar-refractivity contribution in [2.75, 3.05) is 26.9 Å². The van der Waals surface area contributed by atoms with Crippen molar-refractivity contribution in [3.05, 3.63) is 76.6 Å². The number of amides is 1. The minimum absolute atomic E-state index is 0.185. The van der Waals surface area contributed by atoms with Crippen LogP contribution in [0.4, 0.5) is 4.39 Å². The van der Waals surface area contributed by atoms with Crippen molar-refractivity contribution in [1.29, 1.82) is 0 Å². The maximum absolute atomic E-state index is 15.2. The fourth-order valence-electron chi connectivity index (χ4n) is 4.49. The van der Waals surface area contributed by atoms with E-state index < -0.39 is 11.9 Å². The lowest BCUT2D eigenvalue weighted by molar-refractivity contribution is -0.135. The number of para-hydroxylation sites is 1. The Morgan fingerprint density at radius 3 is 2.77 bits per heavy atom. The number of H-pyrrole nitrogens is 1. The second-order valence-corrected chi connectivity index (χ2v) is 7.68. The Kier molecular flexibility index (Phi) is 4.81. The van der Waals surface area contributed by atoms with E-state index in [1.807, 2.05) is 24.3 Å². The number of allylic oxidation sites excluding steroid dienone is 1. The molecule has 0 saturated heterocycles. The predicted octanol–water partition coefficient (Wildman–Crippen LogP) is 4.07. The third-order valence-electron chi connectivity index (χ3n) is 5.96. The Morgan fingerprint density at radius 1 is 1.19 bits per heavy atom. The number of carbonyl (C=O) groups is 1. The van der Waals surface area contributed by atoms with E-state index in [-0.39, 0.29) is 11.7 Å². The molecule has 0 aliphatic carbocycles. The number of nitrogens with zero attached hydrogens (tertiary/aromatic N) is 1. The van der Waals surface area contributed by atoms with Crippen molar-refractivity contribution in [2.45, 2.75) is 19.4 Å². The zero-order valence-corrected chi connectivity index (χ0v) is 17.4. The first-order chi connectivity index (χ1) is 15.1. The summed E-state index contributed by atoms with van der Waals surface area (Å²) in [6, 6.07) is 12.1. The maximum atomic E-state index is 15.2. The van der Waals surface area contributed by atoms with Crippen LogP contribution < -0.4 is 4.74 Å². The summed E-state index contributed by atoms with van der Waals surface area (Å²) in [7, 11) is 1.50. The number of carbonyl (C=O) groups excluding carboxylic acids is 1. The standard InChI is InChI=1S/C24H23FN2O4/c1-14-23(31-12-11-30-14)24(28)27-10-9-17-16-5-3-4-6-20(16)26-21(17)22(27)18-8-7-15(29-2)13-19(18)25/h3-8,13,22,26H,9-12H2,1-2H3/t22-/m1/s1. The number of hydrogen-bond donors (Lipinski definition) is 1. The monoisotopic (exact) mass is 422 g/mol. The molecule has 6 nitrogen and oxygen atoms in total. The fraction of sp³-hybridized carbons (Fsp3) is 0.292. The first kappa shape index (κ1) is 19.5. The van der Waals surface area contributed by atoms with E-state index in [1.165, 1.54) is 13.2 Å². The number of hydrogen-bond acceptors (Lipinski definition) is 4. The van der Waals surface area contributed by atoms with E-state index in [0.29, 0.717) is 43.3 Å². The minimum atomic E-state index is -0.625. The Hall–Kier alpha value is -3.48. The van der Waals surface area contributed by atoms with Gasteiger partial charge in [-0.05, 0) is 37.1 Å². The molecule has 160 valence electrons. The van der Waals surface area contributed by atoms with Crippen LogP contribution in [-0.4, -0.2) is 42.7 Å². The van der Waals surface area contributed by atoms with Crippen molar-refractivity contribution in [3.8, 4) is 5.75 Å². The average Bonchev–Trinajstić information content (AvgIpc) is 3.17. The summed E-state index contributed by atoms with van der Waals surface area (Å²) < 4.78 is 31.6. The van der Waals surface area contributed by atoms with E-state index in [4.69, 9.17) is 14.2 Å². The van der Waals surface area contributed by atoms with Gasteiger partial charge in [-0.25, -0.2) is 4.39 Å². The summed E-state index contributed by atoms with van der Waals surface area (Å²) in [6.07, 6.45) is 0.659. The van der Waals surface area contributed by atoms with E-state index in [1.54, 1.807) is 24.0 Å². The number of aromatic amines is 1. The number of benzene rings is 2. The highest BCUT2D eigenvalue weighted by Crippen LogP contribution is 2.40. The molecule has 3 aromatic rings. The SMILES string of the molecule is COc1ccc([C@@H]2c3[nH]c4ccccc4c3CCN2C(=O)C2=C(C)OCCO2)c(F)c1. The van der Waals surface area contributed by atoms with Crippen LogP contribution in [0.2, 0.25) is 0 Å². The molecule has 1 N–H and O–H groups in total. The molecule has 1 aromatic heterocycles. The maximum Gasteiger partial charge on any atom is 0.293 e. The van der Waals surface area contributed by atoms with Crippen LogP contribution in [0.15, 0.2) is 54.0 Å². The Labute approximate surface area is 179 Å². The molecule has 0 saturated carbocycles. The summed E-state index contributed by atoms with van der Waals surface area (Å²) in [6.45, 7) is 2.87. The quantitative estimate of drug-likeness (QED) is 0.691. The fourth-order valence-corrected chi connectivity index (χ4v) is 4.49. The lowest BCUT2D eigenvalue weighted by atomic mass is 9.91. The van der Waals surface area contributed by atoms with Gasteiger partial charge in [-0.15, -0.1) is 0 Å². The van der Waals surface area contributed by atoms with Gasteiger partial charge in [0.15, 0.2) is 0 Å². The molecular formula is C24H23FN2O4. The number of rotatable bonds is 3. The highest BCUT2D eigenvalue weighted by atomic mass is 19.1. The zero-order chi connectivity index (χ0) is 21.5. The summed E-state index contributed by atoms with van der Waals surface area (Å²) in [5.41, 5.74) is 3.29. The third kappa shape index (κ3) is 3.21. The molecule has 1 atom stereocenters. The van der Waals surface area contributed by atoms with Crippen molar-refractivity contribution in [2.24, 2.45) is 0 Å². The van der Waals surface area contributed by atoms with Crippen LogP contribution in [0, 0.1) is 5.82 Å². The molecule has 1 amide bonds. The van der Waals surface area contributed by atoms with Gasteiger partial charge in [0.1, 0.15) is 36.6 Å². The first-order valence-corrected chi connectivity index (χ1v) is 10.3. The minimum Gasteiger partial charge on any atom is -0.497 e. The van der Waals surface area contributed by atoms with Gasteiger partial charge in [0.05, 0.1) is 7.11 Å². The molecule has 2 aliphatic rings. The smallest absolute Gasteiger partial charge is 0.293 e. The highest BCUT2D eigenvalue weighted by molar-refractivity contribution is 5.93. The van der Waals surface area contributed by atoms with Crippen LogP contribution in [0.3, 0.4) is 0 Å². The largest absolute Gasteiger partial charge is 0.497 e. The lowest BCUT2D eigenvalue weighted by Crippen LogP contribution is -2.43. The molecule has 2 aromatic carbocycles. The average molecular weight is 422 g/mol. The molecule has 7 heteroatoms. The van der Waals surface area contributed by atoms with Crippen molar-refractivity contribution >= 4 is 16.8 Å². The van der Waals surface area contributed by atoms with E-state index >= 15 is 4.39 Å². The molecule has 0 bridgehead atoms. The van der Waals surface area contributed by atoms with Crippen molar-refractivity contribution in [3.63, 3.8) is 0 Å². The third-order valence-corrected chi connectivity index (χ3v) is 5.96. The molecule has 31 heavy (non-hydrogen) atoms. The van der Waals surface area contributed by atoms with Crippen LogP contribution in [0.5, 0.6) is 5.75 Å². The highest BCUT2D eigenvalue weighted by Gasteiger charge is 2.38. The van der Waals surface area contributed by atoms with Crippen LogP contribution in [0.1, 0.15) is 29.8 Å². The zero-order valence-electron chi connectivity index (χ0n) is 17.4. The van der Waals surface area contributed by atoms with Gasteiger partial charge in [0, 0.05) is 34.8 Å². The molecular weight excluding hydrogens is 399 g/mol. The van der Waals surface area contributed by atoms with Gasteiger partial charge in [-0.1, -0.05) is 18.2 Å². The Bertz CT molecular complexity index is 1200. The molecule has 0 radical (unpaired) electrons. The van der Waals surface area contributed by atoms with E-state index in [0.717, 1.165) is 22.2 Å². The summed E-state index contributed by atoms with van der Waals surface area (Å²) in [5.74, 6) is 0.327. The topological polar surface area (TPSA) is 63.8 Å². The second-order valence-electron chi connectivity index (χ2n) is 7.68. The number of fused-ring (bicyclic) bond motifs is 3. The van der Waals surface area contributed by atoms with Gasteiger partial charge >= 0.3 is 0 Å². The summed E-state index contributed by atoms with van der Waals surface area (Å²) >= 11 is 0. The summed E-state index contributed by atoms with van der Waals surface area (Å²) in [5, 5.41) is 1.09. The van der Waals surface area contributed by atoms with Gasteiger partial charge < -0.3 is 24.1 Å². The Balaban J connectivity index is 1.67. The normalized spacial score (nSPS) is 18.4. The molecule has 0 spiro atoms. The van der Waals surface area contributed by atoms with Gasteiger partial charge in [0.2, 0.25) is 5.76 Å². The first-order valence-electron chi connectivity index (χ1n) is 10.3. The van der Waals surface area contributed by atoms with Gasteiger partial charge in [-0.2, -0.15) is 0 Å². The van der Waals surface area contributed by atoms with Gasteiger partial charge in [-0.3, -0.25) is 4.79 Å². The predicted molar refractivity (Wildman–Crippen MR) is 113 cm³/mol. The Morgan fingerprint density at radius 2 is 2.00 bits per heavy atom. The number of halogens is 1. The number of ether oxygens (including phenoxy) is 3. The van der Waals surface area contributed by atoms with E-state index in [2.05, 4.69) is 4.98 Å². The second kappa shape index (κ2) is 7.65. The summed E-state index contributed by atoms with van der Waals surface area (Å²) in [4.78, 5) is 18.6. The molecule has 3 heterocycles. The lowest BCUT2D eigenvalue weighted by Gasteiger charge is -2.37. The molecule has 0 fully saturated rings. The van der Waals surface area contributed by atoms with Crippen molar-refractivity contribution < 1.29 is 23.4 Å². The van der Waals surface area contributed by atoms with Gasteiger partial charge in [0.25, 0.3) is 5.91 Å².